The standard InChI is InChI=1S/C26H21F3N8O3S/c1-16(41-15-37-14-31-13-35-37)40-22-7-17(3-4-19(22)9-30)20-10-32-25(33-11-20)36-21-6-5-18(8-23(21)39-2)24(38)34-12-26(27,28)29/h3-8,10-14,16H,15H2,1-2H3,(H,32,33,36)/t16-/m1/s1. The van der Waals surface area contributed by atoms with E-state index in [9.17, 15) is 23.2 Å². The number of nitrogens with one attached hydrogen (secondary N) is 1. The molecule has 0 aliphatic rings. The molecule has 0 bridgehead atoms. The highest BCUT2D eigenvalue weighted by molar-refractivity contribution is 7.98. The van der Waals surface area contributed by atoms with Gasteiger partial charge in [-0.2, -0.15) is 23.5 Å². The Morgan fingerprint density at radius 2 is 1.98 bits per heavy atom. The fraction of sp³-hybridized carbons (Fsp3) is 0.192. The lowest BCUT2D eigenvalue weighted by Gasteiger charge is -2.16. The van der Waals surface area contributed by atoms with Crippen LogP contribution < -0.4 is 14.8 Å². The number of aliphatic imine (C=N–C) groups is 1. The first-order valence-electron chi connectivity index (χ1n) is 11.7. The van der Waals surface area contributed by atoms with Crippen molar-refractivity contribution in [3.63, 3.8) is 0 Å². The van der Waals surface area contributed by atoms with Crippen molar-refractivity contribution in [1.82, 2.24) is 24.7 Å². The number of hydrogen-bond donors (Lipinski definition) is 1. The first-order valence-corrected chi connectivity index (χ1v) is 12.8. The van der Waals surface area contributed by atoms with Gasteiger partial charge in [-0.3, -0.25) is 4.79 Å². The van der Waals surface area contributed by atoms with Crippen LogP contribution in [-0.2, 0) is 5.88 Å². The van der Waals surface area contributed by atoms with Gasteiger partial charge < -0.3 is 14.8 Å². The van der Waals surface area contributed by atoms with E-state index >= 15 is 0 Å². The summed E-state index contributed by atoms with van der Waals surface area (Å²) >= 11 is 1.48. The summed E-state index contributed by atoms with van der Waals surface area (Å²) in [6.07, 6.45) is 1.12. The van der Waals surface area contributed by atoms with Crippen molar-refractivity contribution < 1.29 is 27.4 Å². The van der Waals surface area contributed by atoms with Gasteiger partial charge in [0.15, 0.2) is 0 Å². The predicted octanol–water partition coefficient (Wildman–Crippen LogP) is 5.25. The van der Waals surface area contributed by atoms with Gasteiger partial charge in [-0.1, -0.05) is 17.8 Å². The number of aromatic nitrogens is 5. The number of rotatable bonds is 10. The van der Waals surface area contributed by atoms with Crippen LogP contribution >= 0.6 is 11.8 Å². The van der Waals surface area contributed by atoms with E-state index in [2.05, 4.69) is 36.4 Å². The molecule has 210 valence electrons. The van der Waals surface area contributed by atoms with E-state index in [1.54, 1.807) is 41.6 Å². The number of benzene rings is 2. The van der Waals surface area contributed by atoms with E-state index in [4.69, 9.17) is 9.47 Å². The maximum atomic E-state index is 12.3. The molecule has 0 spiro atoms. The smallest absolute Gasteiger partial charge is 0.426 e. The summed E-state index contributed by atoms with van der Waals surface area (Å²) in [5.41, 5.74) is 1.76. The van der Waals surface area contributed by atoms with E-state index < -0.39 is 12.1 Å². The van der Waals surface area contributed by atoms with Crippen LogP contribution in [-0.4, -0.2) is 55.6 Å². The maximum Gasteiger partial charge on any atom is 0.426 e. The number of anilines is 2. The van der Waals surface area contributed by atoms with Crippen LogP contribution in [0, 0.1) is 11.3 Å². The Kier molecular flexibility index (Phi) is 9.15. The third kappa shape index (κ3) is 8.02. The molecule has 0 saturated carbocycles. The molecule has 0 unspecified atom stereocenters. The monoisotopic (exact) mass is 582 g/mol. The van der Waals surface area contributed by atoms with Gasteiger partial charge in [0.1, 0.15) is 41.9 Å². The third-order valence-electron chi connectivity index (χ3n) is 5.31. The summed E-state index contributed by atoms with van der Waals surface area (Å²) in [5.74, 6) is 0.243. The van der Waals surface area contributed by atoms with Crippen molar-refractivity contribution in [3.05, 3.63) is 72.6 Å². The molecule has 41 heavy (non-hydrogen) atoms. The van der Waals surface area contributed by atoms with Gasteiger partial charge >= 0.3 is 6.18 Å². The molecule has 15 heteroatoms. The van der Waals surface area contributed by atoms with E-state index in [1.165, 1.54) is 43.4 Å². The summed E-state index contributed by atoms with van der Waals surface area (Å²) in [6, 6.07) is 11.3. The summed E-state index contributed by atoms with van der Waals surface area (Å²) in [7, 11) is 1.34. The minimum Gasteiger partial charge on any atom is -0.495 e. The molecule has 0 aliphatic carbocycles. The Morgan fingerprint density at radius 1 is 1.20 bits per heavy atom. The first-order chi connectivity index (χ1) is 19.6. The fourth-order valence-corrected chi connectivity index (χ4v) is 4.05. The van der Waals surface area contributed by atoms with Gasteiger partial charge in [0.05, 0.1) is 24.2 Å². The number of thioether (sulfide) groups is 1. The van der Waals surface area contributed by atoms with Gasteiger partial charge in [0.2, 0.25) is 5.95 Å². The molecular formula is C26H21F3N8O3S. The number of ether oxygens (including phenoxy) is 2. The lowest BCUT2D eigenvalue weighted by molar-refractivity contribution is -0.0536. The van der Waals surface area contributed by atoms with Crippen LogP contribution in [0.4, 0.5) is 24.8 Å². The summed E-state index contributed by atoms with van der Waals surface area (Å²) in [6.45, 7) is 1.87. The predicted molar refractivity (Wildman–Crippen MR) is 145 cm³/mol. The Labute approximate surface area is 236 Å². The Bertz CT molecular complexity index is 1570. The second-order valence-corrected chi connectivity index (χ2v) is 9.43. The molecule has 1 amide bonds. The molecule has 0 radical (unpaired) electrons. The summed E-state index contributed by atoms with van der Waals surface area (Å²) in [5, 5.41) is 16.5. The van der Waals surface area contributed by atoms with Gasteiger partial charge in [-0.15, -0.1) is 0 Å². The molecule has 1 atom stereocenters. The Balaban J connectivity index is 1.46. The lowest BCUT2D eigenvalue weighted by atomic mass is 10.1. The van der Waals surface area contributed by atoms with Crippen LogP contribution in [0.5, 0.6) is 11.5 Å². The number of nitrogens with zero attached hydrogens (tertiary/aromatic N) is 7. The van der Waals surface area contributed by atoms with Crippen LogP contribution in [0.3, 0.4) is 0 Å². The van der Waals surface area contributed by atoms with Crippen LogP contribution in [0.15, 0.2) is 66.4 Å². The molecule has 4 rings (SSSR count). The van der Waals surface area contributed by atoms with Crippen molar-refractivity contribution >= 4 is 35.5 Å². The molecule has 2 heterocycles. The number of carbonyl (C=O) groups excluding carboxylic acids is 1. The molecule has 0 saturated heterocycles. The van der Waals surface area contributed by atoms with E-state index in [1.807, 2.05) is 6.92 Å². The fourth-order valence-electron chi connectivity index (χ4n) is 3.38. The van der Waals surface area contributed by atoms with Crippen molar-refractivity contribution in [2.45, 2.75) is 24.4 Å². The largest absolute Gasteiger partial charge is 0.495 e. The minimum atomic E-state index is -4.70. The Morgan fingerprint density at radius 3 is 2.63 bits per heavy atom. The number of methoxy groups -OCH3 is 1. The van der Waals surface area contributed by atoms with Crippen molar-refractivity contribution in [3.8, 4) is 28.7 Å². The quantitative estimate of drug-likeness (QED) is 0.195. The molecule has 2 aromatic heterocycles. The highest BCUT2D eigenvalue weighted by Crippen LogP contribution is 2.31. The van der Waals surface area contributed by atoms with Gasteiger partial charge in [-0.05, 0) is 42.8 Å². The van der Waals surface area contributed by atoms with Crippen LogP contribution in [0.1, 0.15) is 22.8 Å². The molecule has 11 nitrogen and oxygen atoms in total. The number of hydrogen-bond acceptors (Lipinski definition) is 10. The first kappa shape index (κ1) is 29.0. The highest BCUT2D eigenvalue weighted by Gasteiger charge is 2.24. The minimum absolute atomic E-state index is 0.0888. The van der Waals surface area contributed by atoms with Crippen molar-refractivity contribution in [2.75, 3.05) is 12.4 Å². The average Bonchev–Trinajstić information content (AvgIpc) is 3.49. The zero-order chi connectivity index (χ0) is 29.4. The van der Waals surface area contributed by atoms with Gasteiger partial charge in [-0.25, -0.2) is 24.6 Å². The van der Waals surface area contributed by atoms with Gasteiger partial charge in [0.25, 0.3) is 5.91 Å². The topological polar surface area (TPSA) is 140 Å². The number of halogens is 3. The second-order valence-electron chi connectivity index (χ2n) is 8.18. The summed E-state index contributed by atoms with van der Waals surface area (Å²) in [4.78, 5) is 27.4. The highest BCUT2D eigenvalue weighted by atomic mass is 32.2. The van der Waals surface area contributed by atoms with Crippen molar-refractivity contribution in [1.29, 1.82) is 5.26 Å². The third-order valence-corrected chi connectivity index (χ3v) is 6.29. The van der Waals surface area contributed by atoms with Crippen molar-refractivity contribution in [2.24, 2.45) is 4.99 Å². The number of alkyl halides is 3. The van der Waals surface area contributed by atoms with E-state index in [-0.39, 0.29) is 28.9 Å². The average molecular weight is 583 g/mol. The molecule has 4 aromatic rings. The maximum absolute atomic E-state index is 12.3. The normalized spacial score (nSPS) is 12.1. The van der Waals surface area contributed by atoms with E-state index in [0.717, 1.165) is 5.56 Å². The Hall–Kier alpha value is -4.97. The number of carbonyl (C=O) groups is 1. The molecule has 1 N–H and O–H groups in total. The SMILES string of the molecule is COc1cc(C(=O)N=CC(F)(F)F)ccc1Nc1ncc(-c2ccc(C#N)c(O[C@@H](C)SCn3cncn3)c2)cn1. The summed E-state index contributed by atoms with van der Waals surface area (Å²) < 4.78 is 49.9. The number of amides is 1. The zero-order valence-electron chi connectivity index (χ0n) is 21.5. The molecular weight excluding hydrogens is 561 g/mol. The lowest BCUT2D eigenvalue weighted by Crippen LogP contribution is -2.10. The van der Waals surface area contributed by atoms with Crippen LogP contribution in [0.2, 0.25) is 0 Å². The van der Waals surface area contributed by atoms with Gasteiger partial charge in [0, 0.05) is 23.5 Å². The second kappa shape index (κ2) is 12.9. The molecule has 0 aliphatic heterocycles. The molecule has 2 aromatic carbocycles. The number of nitriles is 1. The van der Waals surface area contributed by atoms with E-state index in [0.29, 0.717) is 28.4 Å². The zero-order valence-corrected chi connectivity index (χ0v) is 22.3. The van der Waals surface area contributed by atoms with Crippen LogP contribution in [0.25, 0.3) is 11.1 Å². The molecule has 0 fully saturated rings.